The standard InChI is InChI=1S/C20H23BrClFN4O2/c1-20(2,3)29-19(28)27-11-4-5-12(27)10-26(9-8-11)17-13-6-7-14(21)15(23)16(13)24-18(22)25-17/h6-7,11-12H,4-5,8-10H2,1-3H3/t11-,12+/m1/s1. The van der Waals surface area contributed by atoms with Crippen LogP contribution in [0.5, 0.6) is 0 Å². The maximum absolute atomic E-state index is 14.6. The average Bonchev–Trinajstić information content (AvgIpc) is 2.91. The molecule has 2 bridgehead atoms. The van der Waals surface area contributed by atoms with E-state index in [1.807, 2.05) is 25.7 Å². The lowest BCUT2D eigenvalue weighted by Gasteiger charge is -2.31. The van der Waals surface area contributed by atoms with Gasteiger partial charge in [-0.3, -0.25) is 0 Å². The van der Waals surface area contributed by atoms with E-state index in [4.69, 9.17) is 16.3 Å². The zero-order valence-electron chi connectivity index (χ0n) is 16.6. The molecule has 1 amide bonds. The van der Waals surface area contributed by atoms with Crippen LogP contribution in [-0.4, -0.2) is 51.7 Å². The van der Waals surface area contributed by atoms with Crippen molar-refractivity contribution < 1.29 is 13.9 Å². The van der Waals surface area contributed by atoms with E-state index in [0.29, 0.717) is 28.8 Å². The molecule has 2 aliphatic rings. The van der Waals surface area contributed by atoms with Gasteiger partial charge in [0.25, 0.3) is 0 Å². The van der Waals surface area contributed by atoms with Crippen LogP contribution >= 0.6 is 27.5 Å². The molecule has 0 saturated carbocycles. The second-order valence-corrected chi connectivity index (χ2v) is 9.77. The number of hydrogen-bond donors (Lipinski definition) is 0. The minimum atomic E-state index is -0.538. The zero-order chi connectivity index (χ0) is 20.9. The lowest BCUT2D eigenvalue weighted by molar-refractivity contribution is 0.0163. The molecule has 2 fully saturated rings. The number of rotatable bonds is 1. The van der Waals surface area contributed by atoms with E-state index in [0.717, 1.165) is 19.3 Å². The minimum absolute atomic E-state index is 0.00269. The molecule has 1 aromatic carbocycles. The van der Waals surface area contributed by atoms with Crippen LogP contribution in [0.1, 0.15) is 40.0 Å². The summed E-state index contributed by atoms with van der Waals surface area (Å²) in [5.41, 5.74) is -0.350. The molecule has 2 aliphatic heterocycles. The second kappa shape index (κ2) is 7.54. The van der Waals surface area contributed by atoms with Crippen molar-refractivity contribution in [1.29, 1.82) is 0 Å². The number of fused-ring (bicyclic) bond motifs is 3. The molecule has 2 atom stereocenters. The van der Waals surface area contributed by atoms with Crippen molar-refractivity contribution in [2.24, 2.45) is 0 Å². The van der Waals surface area contributed by atoms with Gasteiger partial charge in [-0.2, -0.15) is 4.98 Å². The summed E-state index contributed by atoms with van der Waals surface area (Å²) in [5, 5.41) is 0.611. The maximum atomic E-state index is 14.6. The van der Waals surface area contributed by atoms with E-state index in [2.05, 4.69) is 30.8 Å². The molecule has 0 unspecified atom stereocenters. The topological polar surface area (TPSA) is 58.6 Å². The van der Waals surface area contributed by atoms with Gasteiger partial charge in [0.05, 0.1) is 10.5 Å². The Kier molecular flexibility index (Phi) is 5.36. The SMILES string of the molecule is CC(C)(C)OC(=O)N1[C@@H]2CC[C@H]1CN(c1nc(Cl)nc3c(F)c(Br)ccc13)CC2. The predicted octanol–water partition coefficient (Wildman–Crippen LogP) is 5.16. The third-order valence-corrected chi connectivity index (χ3v) is 6.18. The molecular weight excluding hydrogens is 463 g/mol. The Balaban J connectivity index is 1.67. The smallest absolute Gasteiger partial charge is 0.410 e. The average molecular weight is 486 g/mol. The first-order valence-corrected chi connectivity index (χ1v) is 10.9. The molecule has 0 radical (unpaired) electrons. The molecule has 0 aliphatic carbocycles. The Labute approximate surface area is 182 Å². The monoisotopic (exact) mass is 484 g/mol. The van der Waals surface area contributed by atoms with E-state index in [1.165, 1.54) is 0 Å². The number of carbonyl (C=O) groups is 1. The van der Waals surface area contributed by atoms with Crippen LogP contribution in [0, 0.1) is 5.82 Å². The minimum Gasteiger partial charge on any atom is -0.444 e. The van der Waals surface area contributed by atoms with Crippen LogP contribution in [0.2, 0.25) is 5.28 Å². The Bertz CT molecular complexity index is 968. The number of ether oxygens (including phenoxy) is 1. The Morgan fingerprint density at radius 1 is 1.24 bits per heavy atom. The first kappa shape index (κ1) is 20.6. The number of halogens is 3. The summed E-state index contributed by atoms with van der Waals surface area (Å²) in [5.74, 6) is 0.142. The molecule has 1 aromatic heterocycles. The highest BCUT2D eigenvalue weighted by molar-refractivity contribution is 9.10. The van der Waals surface area contributed by atoms with Crippen molar-refractivity contribution >= 4 is 50.3 Å². The summed E-state index contributed by atoms with van der Waals surface area (Å²) in [6.07, 6.45) is 2.38. The van der Waals surface area contributed by atoms with E-state index in [1.54, 1.807) is 12.1 Å². The van der Waals surface area contributed by atoms with Crippen molar-refractivity contribution in [1.82, 2.24) is 14.9 Å². The van der Waals surface area contributed by atoms with Crippen molar-refractivity contribution in [3.05, 3.63) is 27.7 Å². The molecule has 4 rings (SSSR count). The predicted molar refractivity (Wildman–Crippen MR) is 114 cm³/mol. The van der Waals surface area contributed by atoms with Crippen molar-refractivity contribution in [2.75, 3.05) is 18.0 Å². The van der Waals surface area contributed by atoms with E-state index < -0.39 is 11.4 Å². The molecule has 6 nitrogen and oxygen atoms in total. The van der Waals surface area contributed by atoms with Crippen LogP contribution in [0.4, 0.5) is 15.0 Å². The quantitative estimate of drug-likeness (QED) is 0.522. The highest BCUT2D eigenvalue weighted by Crippen LogP contribution is 2.36. The van der Waals surface area contributed by atoms with Gasteiger partial charge in [0.15, 0.2) is 5.82 Å². The molecule has 9 heteroatoms. The van der Waals surface area contributed by atoms with Crippen LogP contribution in [-0.2, 0) is 4.74 Å². The second-order valence-electron chi connectivity index (χ2n) is 8.58. The van der Waals surface area contributed by atoms with Crippen molar-refractivity contribution in [3.63, 3.8) is 0 Å². The third-order valence-electron chi connectivity index (χ3n) is 5.40. The summed E-state index contributed by atoms with van der Waals surface area (Å²) < 4.78 is 20.6. The first-order valence-electron chi connectivity index (χ1n) is 9.71. The molecule has 0 N–H and O–H groups in total. The van der Waals surface area contributed by atoms with Gasteiger partial charge in [0.1, 0.15) is 16.9 Å². The molecule has 0 spiro atoms. The lowest BCUT2D eigenvalue weighted by atomic mass is 10.1. The molecule has 2 saturated heterocycles. The maximum Gasteiger partial charge on any atom is 0.410 e. The Hall–Kier alpha value is -1.67. The zero-order valence-corrected chi connectivity index (χ0v) is 18.9. The van der Waals surface area contributed by atoms with Crippen LogP contribution in [0.3, 0.4) is 0 Å². The fourth-order valence-electron chi connectivity index (χ4n) is 4.22. The van der Waals surface area contributed by atoms with E-state index >= 15 is 0 Å². The summed E-state index contributed by atoms with van der Waals surface area (Å²) in [6.45, 7) is 6.91. The van der Waals surface area contributed by atoms with Crippen LogP contribution < -0.4 is 4.90 Å². The summed E-state index contributed by atoms with van der Waals surface area (Å²) in [4.78, 5) is 25.3. The van der Waals surface area contributed by atoms with Gasteiger partial charge in [-0.05, 0) is 79.7 Å². The third kappa shape index (κ3) is 4.01. The highest BCUT2D eigenvalue weighted by Gasteiger charge is 2.42. The van der Waals surface area contributed by atoms with E-state index in [-0.39, 0.29) is 29.0 Å². The Morgan fingerprint density at radius 2 is 1.97 bits per heavy atom. The summed E-state index contributed by atoms with van der Waals surface area (Å²) in [7, 11) is 0. The molecule has 2 aromatic rings. The number of anilines is 1. The highest BCUT2D eigenvalue weighted by atomic mass is 79.9. The van der Waals surface area contributed by atoms with Gasteiger partial charge in [-0.15, -0.1) is 0 Å². The van der Waals surface area contributed by atoms with Crippen LogP contribution in [0.15, 0.2) is 16.6 Å². The Morgan fingerprint density at radius 3 is 2.69 bits per heavy atom. The first-order chi connectivity index (χ1) is 13.6. The lowest BCUT2D eigenvalue weighted by Crippen LogP contribution is -2.45. The summed E-state index contributed by atoms with van der Waals surface area (Å²) >= 11 is 9.32. The fourth-order valence-corrected chi connectivity index (χ4v) is 4.70. The summed E-state index contributed by atoms with van der Waals surface area (Å²) in [6, 6.07) is 3.59. The number of benzene rings is 1. The molecule has 156 valence electrons. The number of nitrogens with zero attached hydrogens (tertiary/aromatic N) is 4. The number of aromatic nitrogens is 2. The van der Waals surface area contributed by atoms with Crippen LogP contribution in [0.25, 0.3) is 10.9 Å². The number of carbonyl (C=O) groups excluding carboxylic acids is 1. The van der Waals surface area contributed by atoms with E-state index in [9.17, 15) is 9.18 Å². The fraction of sp³-hybridized carbons (Fsp3) is 0.550. The normalized spacial score (nSPS) is 22.1. The van der Waals surface area contributed by atoms with Gasteiger partial charge >= 0.3 is 6.09 Å². The van der Waals surface area contributed by atoms with Gasteiger partial charge in [0.2, 0.25) is 5.28 Å². The van der Waals surface area contributed by atoms with Gasteiger partial charge < -0.3 is 14.5 Å². The molecule has 29 heavy (non-hydrogen) atoms. The largest absolute Gasteiger partial charge is 0.444 e. The number of amides is 1. The van der Waals surface area contributed by atoms with Crippen molar-refractivity contribution in [2.45, 2.75) is 57.7 Å². The van der Waals surface area contributed by atoms with Gasteiger partial charge in [0, 0.05) is 24.5 Å². The van der Waals surface area contributed by atoms with Gasteiger partial charge in [-0.1, -0.05) is 0 Å². The number of hydrogen-bond acceptors (Lipinski definition) is 5. The molecular formula is C20H23BrClFN4O2. The van der Waals surface area contributed by atoms with Gasteiger partial charge in [-0.25, -0.2) is 14.2 Å². The van der Waals surface area contributed by atoms with Crippen molar-refractivity contribution in [3.8, 4) is 0 Å². The molecule has 3 heterocycles.